The average molecular weight is 331 g/mol. The molecule has 4 nitrogen and oxygen atoms in total. The van der Waals surface area contributed by atoms with Crippen LogP contribution in [0.2, 0.25) is 10.0 Å². The lowest BCUT2D eigenvalue weighted by Crippen LogP contribution is -2.34. The summed E-state index contributed by atoms with van der Waals surface area (Å²) in [5.41, 5.74) is 0.557. The van der Waals surface area contributed by atoms with Gasteiger partial charge >= 0.3 is 0 Å². The summed E-state index contributed by atoms with van der Waals surface area (Å²) in [5.74, 6) is -0.285. The van der Waals surface area contributed by atoms with E-state index in [0.717, 1.165) is 19.3 Å². The first-order valence-electron chi connectivity index (χ1n) is 6.93. The minimum atomic E-state index is -0.264. The molecule has 0 saturated carbocycles. The first-order valence-corrected chi connectivity index (χ1v) is 7.68. The van der Waals surface area contributed by atoms with Gasteiger partial charge in [0.15, 0.2) is 0 Å². The van der Waals surface area contributed by atoms with Gasteiger partial charge in [-0.15, -0.1) is 0 Å². The van der Waals surface area contributed by atoms with Crippen LogP contribution in [-0.4, -0.2) is 30.3 Å². The molecule has 6 heteroatoms. The molecular formula is C15H20Cl2N2O2. The van der Waals surface area contributed by atoms with Gasteiger partial charge < -0.3 is 10.2 Å². The maximum absolute atomic E-state index is 11.9. The Morgan fingerprint density at radius 3 is 2.52 bits per heavy atom. The smallest absolute Gasteiger partial charge is 0.243 e. The highest BCUT2D eigenvalue weighted by Gasteiger charge is 2.13. The zero-order valence-corrected chi connectivity index (χ0v) is 13.8. The summed E-state index contributed by atoms with van der Waals surface area (Å²) in [7, 11) is 1.63. The van der Waals surface area contributed by atoms with Gasteiger partial charge in [0.2, 0.25) is 11.8 Å². The molecule has 1 aromatic rings. The van der Waals surface area contributed by atoms with Crippen LogP contribution < -0.4 is 5.32 Å². The molecule has 0 heterocycles. The number of rotatable bonds is 7. The predicted molar refractivity (Wildman–Crippen MR) is 86.9 cm³/mol. The number of amides is 2. The SMILES string of the molecule is CCCCCC(=O)N(C)CC(=O)Nc1ccc(Cl)c(Cl)c1. The molecule has 0 fully saturated rings. The van der Waals surface area contributed by atoms with Gasteiger partial charge in [0.1, 0.15) is 0 Å². The minimum Gasteiger partial charge on any atom is -0.336 e. The van der Waals surface area contributed by atoms with Crippen molar-refractivity contribution in [3.05, 3.63) is 28.2 Å². The Morgan fingerprint density at radius 2 is 1.90 bits per heavy atom. The fourth-order valence-corrected chi connectivity index (χ4v) is 2.09. The number of carbonyl (C=O) groups is 2. The molecule has 0 saturated heterocycles. The zero-order valence-electron chi connectivity index (χ0n) is 12.3. The lowest BCUT2D eigenvalue weighted by Gasteiger charge is -2.17. The standard InChI is InChI=1S/C15H20Cl2N2O2/c1-3-4-5-6-15(21)19(2)10-14(20)18-11-7-8-12(16)13(17)9-11/h7-9H,3-6,10H2,1-2H3,(H,18,20). The van der Waals surface area contributed by atoms with Crippen molar-refractivity contribution in [2.45, 2.75) is 32.6 Å². The van der Waals surface area contributed by atoms with Gasteiger partial charge in [-0.1, -0.05) is 43.0 Å². The van der Waals surface area contributed by atoms with Gasteiger partial charge in [-0.3, -0.25) is 9.59 Å². The lowest BCUT2D eigenvalue weighted by atomic mass is 10.2. The van der Waals surface area contributed by atoms with Crippen molar-refractivity contribution in [1.29, 1.82) is 0 Å². The fourth-order valence-electron chi connectivity index (χ4n) is 1.80. The Hall–Kier alpha value is -1.26. The van der Waals surface area contributed by atoms with Gasteiger partial charge in [0.05, 0.1) is 16.6 Å². The maximum Gasteiger partial charge on any atom is 0.243 e. The third-order valence-corrected chi connectivity index (χ3v) is 3.74. The Morgan fingerprint density at radius 1 is 1.19 bits per heavy atom. The molecular weight excluding hydrogens is 311 g/mol. The van der Waals surface area contributed by atoms with E-state index in [9.17, 15) is 9.59 Å². The third-order valence-electron chi connectivity index (χ3n) is 3.00. The highest BCUT2D eigenvalue weighted by atomic mass is 35.5. The van der Waals surface area contributed by atoms with E-state index < -0.39 is 0 Å². The molecule has 0 aliphatic carbocycles. The molecule has 0 aliphatic heterocycles. The molecule has 0 radical (unpaired) electrons. The summed E-state index contributed by atoms with van der Waals surface area (Å²) < 4.78 is 0. The van der Waals surface area contributed by atoms with Crippen molar-refractivity contribution in [2.24, 2.45) is 0 Å². The Bertz CT molecular complexity index is 506. The summed E-state index contributed by atoms with van der Waals surface area (Å²) in [6.07, 6.45) is 3.42. The molecule has 0 bridgehead atoms. The molecule has 0 aliphatic rings. The second kappa shape index (κ2) is 8.90. The molecule has 21 heavy (non-hydrogen) atoms. The summed E-state index contributed by atoms with van der Waals surface area (Å²) >= 11 is 11.7. The van der Waals surface area contributed by atoms with E-state index in [2.05, 4.69) is 12.2 Å². The molecule has 2 amide bonds. The van der Waals surface area contributed by atoms with Crippen molar-refractivity contribution in [3.63, 3.8) is 0 Å². The first kappa shape index (κ1) is 17.8. The number of nitrogens with zero attached hydrogens (tertiary/aromatic N) is 1. The number of hydrogen-bond donors (Lipinski definition) is 1. The van der Waals surface area contributed by atoms with E-state index in [1.165, 1.54) is 4.90 Å². The maximum atomic E-state index is 11.9. The number of carbonyl (C=O) groups excluding carboxylic acids is 2. The molecule has 0 unspecified atom stereocenters. The Kier molecular flexibility index (Phi) is 7.54. The van der Waals surface area contributed by atoms with E-state index in [-0.39, 0.29) is 18.4 Å². The van der Waals surface area contributed by atoms with Crippen LogP contribution in [0.4, 0.5) is 5.69 Å². The molecule has 0 aromatic heterocycles. The number of anilines is 1. The van der Waals surface area contributed by atoms with Crippen LogP contribution in [-0.2, 0) is 9.59 Å². The molecule has 0 atom stereocenters. The van der Waals surface area contributed by atoms with Crippen LogP contribution in [0.5, 0.6) is 0 Å². The van der Waals surface area contributed by atoms with Crippen molar-refractivity contribution in [2.75, 3.05) is 18.9 Å². The van der Waals surface area contributed by atoms with E-state index in [1.807, 2.05) is 0 Å². The molecule has 1 N–H and O–H groups in total. The van der Waals surface area contributed by atoms with Crippen LogP contribution >= 0.6 is 23.2 Å². The molecule has 0 spiro atoms. The van der Waals surface area contributed by atoms with Crippen LogP contribution in [0.25, 0.3) is 0 Å². The van der Waals surface area contributed by atoms with E-state index in [0.29, 0.717) is 22.2 Å². The van der Waals surface area contributed by atoms with Gasteiger partial charge in [-0.25, -0.2) is 0 Å². The second-order valence-electron chi connectivity index (χ2n) is 4.88. The number of hydrogen-bond acceptors (Lipinski definition) is 2. The van der Waals surface area contributed by atoms with E-state index in [1.54, 1.807) is 25.2 Å². The van der Waals surface area contributed by atoms with Crippen molar-refractivity contribution >= 4 is 40.7 Å². The Balaban J connectivity index is 2.45. The van der Waals surface area contributed by atoms with Crippen molar-refractivity contribution in [1.82, 2.24) is 4.90 Å². The van der Waals surface area contributed by atoms with Gasteiger partial charge in [0, 0.05) is 19.2 Å². The van der Waals surface area contributed by atoms with Crippen LogP contribution in [0.3, 0.4) is 0 Å². The summed E-state index contributed by atoms with van der Waals surface area (Å²) in [5, 5.41) is 3.49. The van der Waals surface area contributed by atoms with Gasteiger partial charge in [-0.2, -0.15) is 0 Å². The van der Waals surface area contributed by atoms with Crippen LogP contribution in [0, 0.1) is 0 Å². The quantitative estimate of drug-likeness (QED) is 0.769. The Labute approximate surface area is 135 Å². The zero-order chi connectivity index (χ0) is 15.8. The number of benzene rings is 1. The topological polar surface area (TPSA) is 49.4 Å². The fraction of sp³-hybridized carbons (Fsp3) is 0.467. The third kappa shape index (κ3) is 6.36. The van der Waals surface area contributed by atoms with Crippen LogP contribution in [0.15, 0.2) is 18.2 Å². The van der Waals surface area contributed by atoms with E-state index >= 15 is 0 Å². The number of unbranched alkanes of at least 4 members (excludes halogenated alkanes) is 2. The highest BCUT2D eigenvalue weighted by Crippen LogP contribution is 2.24. The number of halogens is 2. The molecule has 116 valence electrons. The largest absolute Gasteiger partial charge is 0.336 e. The highest BCUT2D eigenvalue weighted by molar-refractivity contribution is 6.42. The van der Waals surface area contributed by atoms with Crippen molar-refractivity contribution in [3.8, 4) is 0 Å². The second-order valence-corrected chi connectivity index (χ2v) is 5.70. The van der Waals surface area contributed by atoms with Gasteiger partial charge in [0.25, 0.3) is 0 Å². The average Bonchev–Trinajstić information content (AvgIpc) is 2.43. The normalized spacial score (nSPS) is 10.3. The molecule has 1 rings (SSSR count). The minimum absolute atomic E-state index is 0.0191. The predicted octanol–water partition coefficient (Wildman–Crippen LogP) is 3.97. The number of likely N-dealkylation sites (N-methyl/N-ethyl adjacent to an activating group) is 1. The molecule has 1 aromatic carbocycles. The monoisotopic (exact) mass is 330 g/mol. The lowest BCUT2D eigenvalue weighted by molar-refractivity contribution is -0.133. The van der Waals surface area contributed by atoms with Crippen LogP contribution in [0.1, 0.15) is 32.6 Å². The summed E-state index contributed by atoms with van der Waals surface area (Å²) in [4.78, 5) is 25.1. The first-order chi connectivity index (χ1) is 9.93. The summed E-state index contributed by atoms with van der Waals surface area (Å²) in [6, 6.07) is 4.85. The van der Waals surface area contributed by atoms with Gasteiger partial charge in [-0.05, 0) is 24.6 Å². The summed E-state index contributed by atoms with van der Waals surface area (Å²) in [6.45, 7) is 2.10. The van der Waals surface area contributed by atoms with Crippen molar-refractivity contribution < 1.29 is 9.59 Å². The van der Waals surface area contributed by atoms with E-state index in [4.69, 9.17) is 23.2 Å². The number of nitrogens with one attached hydrogen (secondary N) is 1.